The Hall–Kier alpha value is -2.00. The standard InChI is InChI=1S/C15H16ClN3/c1-12(17)19(18-15-5-3-2-4-6-15)11-13-7-9-14(16)10-8-13/h2-10,17-18H,11H2,1H3. The van der Waals surface area contributed by atoms with Gasteiger partial charge in [0.1, 0.15) is 5.84 Å². The fraction of sp³-hybridized carbons (Fsp3) is 0.133. The first-order valence-corrected chi connectivity index (χ1v) is 6.42. The Labute approximate surface area is 118 Å². The van der Waals surface area contributed by atoms with E-state index in [2.05, 4.69) is 5.43 Å². The Morgan fingerprint density at radius 1 is 1.11 bits per heavy atom. The predicted molar refractivity (Wildman–Crippen MR) is 80.5 cm³/mol. The summed E-state index contributed by atoms with van der Waals surface area (Å²) in [6, 6.07) is 17.5. The van der Waals surface area contributed by atoms with Gasteiger partial charge in [-0.1, -0.05) is 41.9 Å². The van der Waals surface area contributed by atoms with E-state index < -0.39 is 0 Å². The highest BCUT2D eigenvalue weighted by Gasteiger charge is 2.06. The van der Waals surface area contributed by atoms with Gasteiger partial charge in [0.05, 0.1) is 12.2 Å². The second-order valence-electron chi connectivity index (χ2n) is 4.28. The van der Waals surface area contributed by atoms with Crippen LogP contribution in [0.1, 0.15) is 12.5 Å². The van der Waals surface area contributed by atoms with Crippen LogP contribution in [0.15, 0.2) is 54.6 Å². The maximum atomic E-state index is 7.83. The third-order valence-electron chi connectivity index (χ3n) is 2.70. The van der Waals surface area contributed by atoms with Gasteiger partial charge in [-0.3, -0.25) is 15.8 Å². The number of halogens is 1. The highest BCUT2D eigenvalue weighted by atomic mass is 35.5. The molecule has 2 rings (SSSR count). The molecule has 98 valence electrons. The Morgan fingerprint density at radius 2 is 1.74 bits per heavy atom. The van der Waals surface area contributed by atoms with Crippen molar-refractivity contribution in [3.8, 4) is 0 Å². The minimum Gasteiger partial charge on any atom is -0.297 e. The van der Waals surface area contributed by atoms with E-state index in [1.165, 1.54) is 0 Å². The summed E-state index contributed by atoms with van der Waals surface area (Å²) >= 11 is 5.87. The monoisotopic (exact) mass is 273 g/mol. The average molecular weight is 274 g/mol. The van der Waals surface area contributed by atoms with Crippen molar-refractivity contribution in [2.75, 3.05) is 5.43 Å². The van der Waals surface area contributed by atoms with E-state index in [-0.39, 0.29) is 0 Å². The molecule has 0 fully saturated rings. The third-order valence-corrected chi connectivity index (χ3v) is 2.95. The lowest BCUT2D eigenvalue weighted by atomic mass is 10.2. The van der Waals surface area contributed by atoms with Crippen LogP contribution in [-0.2, 0) is 6.54 Å². The van der Waals surface area contributed by atoms with Gasteiger partial charge in [-0.05, 0) is 36.8 Å². The first-order chi connectivity index (χ1) is 9.15. The molecule has 0 atom stereocenters. The van der Waals surface area contributed by atoms with Crippen molar-refractivity contribution in [1.29, 1.82) is 5.41 Å². The molecule has 0 aliphatic heterocycles. The van der Waals surface area contributed by atoms with Crippen LogP contribution < -0.4 is 5.43 Å². The van der Waals surface area contributed by atoms with Crippen LogP contribution in [0, 0.1) is 5.41 Å². The van der Waals surface area contributed by atoms with Crippen LogP contribution in [0.4, 0.5) is 5.69 Å². The van der Waals surface area contributed by atoms with Gasteiger partial charge >= 0.3 is 0 Å². The van der Waals surface area contributed by atoms with E-state index in [4.69, 9.17) is 17.0 Å². The zero-order valence-corrected chi connectivity index (χ0v) is 11.5. The van der Waals surface area contributed by atoms with Crippen LogP contribution in [0.5, 0.6) is 0 Å². The van der Waals surface area contributed by atoms with E-state index in [1.807, 2.05) is 54.6 Å². The Bertz CT molecular complexity index is 537. The molecule has 0 aliphatic rings. The quantitative estimate of drug-likeness (QED) is 0.499. The summed E-state index contributed by atoms with van der Waals surface area (Å²) in [6.45, 7) is 2.37. The van der Waals surface area contributed by atoms with Gasteiger partial charge in [-0.25, -0.2) is 0 Å². The summed E-state index contributed by atoms with van der Waals surface area (Å²) in [5.74, 6) is 0.457. The van der Waals surface area contributed by atoms with Gasteiger partial charge < -0.3 is 0 Å². The van der Waals surface area contributed by atoms with Crippen molar-refractivity contribution in [3.05, 3.63) is 65.2 Å². The zero-order valence-electron chi connectivity index (χ0n) is 10.7. The Kier molecular flexibility index (Phi) is 4.42. The molecule has 0 saturated carbocycles. The number of nitrogens with zero attached hydrogens (tertiary/aromatic N) is 1. The molecule has 0 amide bonds. The Balaban J connectivity index is 2.08. The van der Waals surface area contributed by atoms with Crippen LogP contribution in [0.3, 0.4) is 0 Å². The van der Waals surface area contributed by atoms with Gasteiger partial charge in [-0.2, -0.15) is 0 Å². The molecule has 0 radical (unpaired) electrons. The van der Waals surface area contributed by atoms with Crippen molar-refractivity contribution < 1.29 is 0 Å². The highest BCUT2D eigenvalue weighted by molar-refractivity contribution is 6.30. The van der Waals surface area contributed by atoms with E-state index in [1.54, 1.807) is 11.9 Å². The molecule has 0 bridgehead atoms. The maximum Gasteiger partial charge on any atom is 0.112 e. The molecule has 0 aromatic heterocycles. The fourth-order valence-electron chi connectivity index (χ4n) is 1.68. The molecule has 3 nitrogen and oxygen atoms in total. The zero-order chi connectivity index (χ0) is 13.7. The number of hydrazine groups is 1. The molecule has 2 N–H and O–H groups in total. The van der Waals surface area contributed by atoms with E-state index in [0.717, 1.165) is 16.3 Å². The largest absolute Gasteiger partial charge is 0.297 e. The number of benzene rings is 2. The van der Waals surface area contributed by atoms with E-state index in [0.29, 0.717) is 12.4 Å². The summed E-state index contributed by atoms with van der Waals surface area (Å²) < 4.78 is 0. The fourth-order valence-corrected chi connectivity index (χ4v) is 1.81. The SMILES string of the molecule is CC(=N)N(Cc1ccc(Cl)cc1)Nc1ccccc1. The smallest absolute Gasteiger partial charge is 0.112 e. The van der Waals surface area contributed by atoms with Crippen LogP contribution >= 0.6 is 11.6 Å². The molecule has 2 aromatic carbocycles. The summed E-state index contributed by atoms with van der Waals surface area (Å²) in [6.07, 6.45) is 0. The molecule has 0 unspecified atom stereocenters. The summed E-state index contributed by atoms with van der Waals surface area (Å²) in [4.78, 5) is 0. The first-order valence-electron chi connectivity index (χ1n) is 6.04. The van der Waals surface area contributed by atoms with Crippen LogP contribution in [-0.4, -0.2) is 10.8 Å². The Morgan fingerprint density at radius 3 is 2.32 bits per heavy atom. The average Bonchev–Trinajstić information content (AvgIpc) is 2.41. The molecule has 0 aliphatic carbocycles. The van der Waals surface area contributed by atoms with Gasteiger partial charge in [-0.15, -0.1) is 0 Å². The lowest BCUT2D eigenvalue weighted by Gasteiger charge is -2.25. The second kappa shape index (κ2) is 6.25. The van der Waals surface area contributed by atoms with Crippen molar-refractivity contribution in [1.82, 2.24) is 5.01 Å². The number of amidine groups is 1. The molecule has 4 heteroatoms. The first kappa shape index (κ1) is 13.4. The summed E-state index contributed by atoms with van der Waals surface area (Å²) in [5, 5.41) is 10.3. The number of rotatable bonds is 4. The van der Waals surface area contributed by atoms with E-state index >= 15 is 0 Å². The van der Waals surface area contributed by atoms with Crippen molar-refractivity contribution in [2.45, 2.75) is 13.5 Å². The molecular weight excluding hydrogens is 258 g/mol. The number of hydrogen-bond acceptors (Lipinski definition) is 2. The van der Waals surface area contributed by atoms with Gasteiger partial charge in [0.2, 0.25) is 0 Å². The summed E-state index contributed by atoms with van der Waals surface area (Å²) in [7, 11) is 0. The highest BCUT2D eigenvalue weighted by Crippen LogP contribution is 2.13. The molecule has 2 aromatic rings. The second-order valence-corrected chi connectivity index (χ2v) is 4.71. The minimum absolute atomic E-state index is 0.457. The van der Waals surface area contributed by atoms with Crippen LogP contribution in [0.25, 0.3) is 0 Å². The molecule has 0 spiro atoms. The van der Waals surface area contributed by atoms with E-state index in [9.17, 15) is 0 Å². The van der Waals surface area contributed by atoms with Gasteiger partial charge in [0.15, 0.2) is 0 Å². The van der Waals surface area contributed by atoms with Crippen molar-refractivity contribution >= 4 is 23.1 Å². The van der Waals surface area contributed by atoms with Gasteiger partial charge in [0, 0.05) is 5.02 Å². The number of anilines is 1. The summed E-state index contributed by atoms with van der Waals surface area (Å²) in [5.41, 5.74) is 5.28. The lowest BCUT2D eigenvalue weighted by Crippen LogP contribution is -2.33. The van der Waals surface area contributed by atoms with Gasteiger partial charge in [0.25, 0.3) is 0 Å². The number of para-hydroxylation sites is 1. The molecule has 0 saturated heterocycles. The number of hydrogen-bond donors (Lipinski definition) is 2. The molecule has 0 heterocycles. The minimum atomic E-state index is 0.457. The molecular formula is C15H16ClN3. The van der Waals surface area contributed by atoms with Crippen molar-refractivity contribution in [2.24, 2.45) is 0 Å². The normalized spacial score (nSPS) is 10.0. The van der Waals surface area contributed by atoms with Crippen LogP contribution in [0.2, 0.25) is 5.02 Å². The van der Waals surface area contributed by atoms with Crippen molar-refractivity contribution in [3.63, 3.8) is 0 Å². The number of nitrogens with one attached hydrogen (secondary N) is 2. The topological polar surface area (TPSA) is 39.1 Å². The molecule has 19 heavy (non-hydrogen) atoms. The third kappa shape index (κ3) is 4.00. The maximum absolute atomic E-state index is 7.83. The predicted octanol–water partition coefficient (Wildman–Crippen LogP) is 4.17. The lowest BCUT2D eigenvalue weighted by molar-refractivity contribution is 0.485.